The molecule has 0 bridgehead atoms. The summed E-state index contributed by atoms with van der Waals surface area (Å²) in [5, 5.41) is 7.99. The maximum atomic E-state index is 11.6. The summed E-state index contributed by atoms with van der Waals surface area (Å²) in [7, 11) is 3.74. The van der Waals surface area contributed by atoms with Gasteiger partial charge in [-0.25, -0.2) is 4.68 Å². The molecule has 17 heavy (non-hydrogen) atoms. The first-order valence-corrected chi connectivity index (χ1v) is 5.24. The van der Waals surface area contributed by atoms with Crippen LogP contribution in [0.1, 0.15) is 11.5 Å². The summed E-state index contributed by atoms with van der Waals surface area (Å²) in [6, 6.07) is 4.96. The average Bonchev–Trinajstić information content (AvgIpc) is 2.67. The van der Waals surface area contributed by atoms with Crippen LogP contribution in [0.25, 0.3) is 0 Å². The number of nitrogens with zero attached hydrogens (tertiary/aromatic N) is 4. The van der Waals surface area contributed by atoms with Crippen LogP contribution in [0.5, 0.6) is 0 Å². The highest BCUT2D eigenvalue weighted by molar-refractivity contribution is 5.33. The first kappa shape index (κ1) is 11.4. The molecule has 0 aliphatic rings. The van der Waals surface area contributed by atoms with Crippen LogP contribution in [0, 0.1) is 6.92 Å². The Morgan fingerprint density at radius 2 is 2.18 bits per heavy atom. The maximum absolute atomic E-state index is 11.6. The van der Waals surface area contributed by atoms with Crippen LogP contribution in [0.15, 0.2) is 27.5 Å². The van der Waals surface area contributed by atoms with E-state index in [0.29, 0.717) is 12.3 Å². The Labute approximate surface area is 98.5 Å². The fourth-order valence-corrected chi connectivity index (χ4v) is 1.43. The van der Waals surface area contributed by atoms with Crippen molar-refractivity contribution in [2.45, 2.75) is 13.5 Å². The van der Waals surface area contributed by atoms with Gasteiger partial charge in [-0.3, -0.25) is 4.79 Å². The summed E-state index contributed by atoms with van der Waals surface area (Å²) >= 11 is 0. The molecule has 0 saturated heterocycles. The van der Waals surface area contributed by atoms with Crippen LogP contribution < -0.4 is 10.5 Å². The van der Waals surface area contributed by atoms with Gasteiger partial charge in [-0.05, 0) is 13.0 Å². The molecule has 0 aliphatic carbocycles. The van der Waals surface area contributed by atoms with Crippen LogP contribution in [-0.2, 0) is 6.54 Å². The Morgan fingerprint density at radius 1 is 1.41 bits per heavy atom. The molecule has 0 aliphatic heterocycles. The molecule has 0 fully saturated rings. The van der Waals surface area contributed by atoms with E-state index in [0.717, 1.165) is 11.5 Å². The van der Waals surface area contributed by atoms with E-state index in [-0.39, 0.29) is 5.56 Å². The van der Waals surface area contributed by atoms with Crippen LogP contribution in [0.3, 0.4) is 0 Å². The van der Waals surface area contributed by atoms with E-state index in [4.69, 9.17) is 4.52 Å². The summed E-state index contributed by atoms with van der Waals surface area (Å²) in [4.78, 5) is 13.5. The van der Waals surface area contributed by atoms with Crippen molar-refractivity contribution in [2.75, 3.05) is 19.0 Å². The quantitative estimate of drug-likeness (QED) is 0.780. The second kappa shape index (κ2) is 4.40. The second-order valence-corrected chi connectivity index (χ2v) is 4.02. The number of anilines is 1. The van der Waals surface area contributed by atoms with E-state index in [1.165, 1.54) is 10.7 Å². The zero-order valence-electron chi connectivity index (χ0n) is 10.0. The van der Waals surface area contributed by atoms with Crippen LogP contribution in [0.2, 0.25) is 0 Å². The summed E-state index contributed by atoms with van der Waals surface area (Å²) in [6.07, 6.45) is 0. The highest BCUT2D eigenvalue weighted by Gasteiger charge is 2.06. The van der Waals surface area contributed by atoms with Crippen molar-refractivity contribution in [3.8, 4) is 0 Å². The van der Waals surface area contributed by atoms with Crippen molar-refractivity contribution < 1.29 is 4.52 Å². The average molecular weight is 234 g/mol. The molecule has 0 N–H and O–H groups in total. The molecule has 0 amide bonds. The fourth-order valence-electron chi connectivity index (χ4n) is 1.43. The molecular formula is C11H14N4O2. The highest BCUT2D eigenvalue weighted by Crippen LogP contribution is 2.05. The largest absolute Gasteiger partial charge is 0.361 e. The van der Waals surface area contributed by atoms with Gasteiger partial charge in [0, 0.05) is 26.2 Å². The molecule has 2 aromatic rings. The molecule has 2 rings (SSSR count). The van der Waals surface area contributed by atoms with Gasteiger partial charge in [-0.2, -0.15) is 5.10 Å². The molecule has 0 saturated carbocycles. The summed E-state index contributed by atoms with van der Waals surface area (Å²) in [5.74, 6) is 1.34. The Hall–Kier alpha value is -2.11. The molecule has 6 heteroatoms. The van der Waals surface area contributed by atoms with E-state index in [1.54, 1.807) is 12.1 Å². The summed E-state index contributed by atoms with van der Waals surface area (Å²) in [6.45, 7) is 2.13. The number of rotatable bonds is 3. The number of hydrogen-bond acceptors (Lipinski definition) is 5. The van der Waals surface area contributed by atoms with Gasteiger partial charge in [0.15, 0.2) is 5.76 Å². The van der Waals surface area contributed by atoms with E-state index < -0.39 is 0 Å². The Balaban J connectivity index is 2.31. The Kier molecular flexibility index (Phi) is 2.95. The molecule has 0 aromatic carbocycles. The molecule has 0 unspecified atom stereocenters. The standard InChI is InChI=1S/C11H14N4O2/c1-8-6-9(17-13-8)7-15-11(16)5-4-10(12-15)14(2)3/h4-6H,7H2,1-3H3. The molecule has 2 heterocycles. The molecule has 0 atom stereocenters. The predicted octanol–water partition coefficient (Wildman–Crippen LogP) is 0.654. The van der Waals surface area contributed by atoms with Crippen molar-refractivity contribution in [1.82, 2.24) is 14.9 Å². The lowest BCUT2D eigenvalue weighted by atomic mass is 10.4. The second-order valence-electron chi connectivity index (χ2n) is 4.02. The SMILES string of the molecule is Cc1cc(Cn2nc(N(C)C)ccc2=O)on1. The maximum Gasteiger partial charge on any atom is 0.267 e. The van der Waals surface area contributed by atoms with Gasteiger partial charge >= 0.3 is 0 Å². The topological polar surface area (TPSA) is 64.2 Å². The number of aromatic nitrogens is 3. The van der Waals surface area contributed by atoms with Crippen molar-refractivity contribution in [3.63, 3.8) is 0 Å². The molecule has 2 aromatic heterocycles. The van der Waals surface area contributed by atoms with Crippen LogP contribution >= 0.6 is 0 Å². The highest BCUT2D eigenvalue weighted by atomic mass is 16.5. The van der Waals surface area contributed by atoms with Gasteiger partial charge in [0.05, 0.1) is 5.69 Å². The summed E-state index contributed by atoms with van der Waals surface area (Å²) < 4.78 is 6.42. The monoisotopic (exact) mass is 234 g/mol. The third-order valence-electron chi connectivity index (χ3n) is 2.29. The van der Waals surface area contributed by atoms with E-state index in [2.05, 4.69) is 10.3 Å². The fraction of sp³-hybridized carbons (Fsp3) is 0.364. The number of hydrogen-bond donors (Lipinski definition) is 0. The zero-order chi connectivity index (χ0) is 12.4. The third kappa shape index (κ3) is 2.52. The Morgan fingerprint density at radius 3 is 2.76 bits per heavy atom. The van der Waals surface area contributed by atoms with Crippen molar-refractivity contribution in [1.29, 1.82) is 0 Å². The minimum Gasteiger partial charge on any atom is -0.361 e. The van der Waals surface area contributed by atoms with Crippen molar-refractivity contribution in [2.24, 2.45) is 0 Å². The Bertz CT molecular complexity index is 571. The van der Waals surface area contributed by atoms with Gasteiger partial charge in [0.1, 0.15) is 12.4 Å². The lowest BCUT2D eigenvalue weighted by Crippen LogP contribution is -2.25. The third-order valence-corrected chi connectivity index (χ3v) is 2.29. The molecular weight excluding hydrogens is 220 g/mol. The van der Waals surface area contributed by atoms with Gasteiger partial charge in [-0.15, -0.1) is 0 Å². The normalized spacial score (nSPS) is 10.5. The minimum atomic E-state index is -0.162. The van der Waals surface area contributed by atoms with Crippen molar-refractivity contribution in [3.05, 3.63) is 40.0 Å². The predicted molar refractivity (Wildman–Crippen MR) is 63.2 cm³/mol. The van der Waals surface area contributed by atoms with Gasteiger partial charge in [0.25, 0.3) is 5.56 Å². The molecule has 90 valence electrons. The lowest BCUT2D eigenvalue weighted by molar-refractivity contribution is 0.365. The van der Waals surface area contributed by atoms with Crippen LogP contribution in [-0.4, -0.2) is 29.0 Å². The molecule has 0 radical (unpaired) electrons. The van der Waals surface area contributed by atoms with Gasteiger partial charge < -0.3 is 9.42 Å². The van der Waals surface area contributed by atoms with E-state index in [9.17, 15) is 4.79 Å². The minimum absolute atomic E-state index is 0.162. The first-order valence-electron chi connectivity index (χ1n) is 5.24. The van der Waals surface area contributed by atoms with Gasteiger partial charge in [-0.1, -0.05) is 5.16 Å². The summed E-state index contributed by atoms with van der Waals surface area (Å²) in [5.41, 5.74) is 0.626. The van der Waals surface area contributed by atoms with Crippen molar-refractivity contribution >= 4 is 5.82 Å². The lowest BCUT2D eigenvalue weighted by Gasteiger charge is -2.12. The van der Waals surface area contributed by atoms with E-state index >= 15 is 0 Å². The van der Waals surface area contributed by atoms with Crippen LogP contribution in [0.4, 0.5) is 5.82 Å². The zero-order valence-corrected chi connectivity index (χ0v) is 10.0. The van der Waals surface area contributed by atoms with Gasteiger partial charge in [0.2, 0.25) is 0 Å². The number of aryl methyl sites for hydroxylation is 1. The molecule has 0 spiro atoms. The smallest absolute Gasteiger partial charge is 0.267 e. The van der Waals surface area contributed by atoms with E-state index in [1.807, 2.05) is 25.9 Å². The molecule has 6 nitrogen and oxygen atoms in total. The first-order chi connectivity index (χ1) is 8.06.